The molecular weight excluding hydrogens is 605 g/mol. The molecule has 0 aliphatic heterocycles. The molecule has 224 valence electrons. The van der Waals surface area contributed by atoms with Crippen molar-refractivity contribution >= 4 is 50.7 Å². The number of amides is 2. The van der Waals surface area contributed by atoms with E-state index in [4.69, 9.17) is 23.2 Å². The Kier molecular flexibility index (Phi) is 10.9. The Balaban J connectivity index is 1.80. The van der Waals surface area contributed by atoms with Gasteiger partial charge in [-0.2, -0.15) is 0 Å². The maximum Gasteiger partial charge on any atom is 0.264 e. The van der Waals surface area contributed by atoms with E-state index in [0.29, 0.717) is 21.3 Å². The first-order chi connectivity index (χ1) is 20.6. The third-order valence-corrected chi connectivity index (χ3v) is 9.09. The predicted molar refractivity (Wildman–Crippen MR) is 172 cm³/mol. The Labute approximate surface area is 263 Å². The number of rotatable bonds is 12. The molecule has 0 fully saturated rings. The summed E-state index contributed by atoms with van der Waals surface area (Å²) in [6, 6.07) is 29.4. The fourth-order valence-corrected chi connectivity index (χ4v) is 6.51. The van der Waals surface area contributed by atoms with Crippen LogP contribution in [-0.2, 0) is 32.6 Å². The fraction of sp³-hybridized carbons (Fsp3) is 0.212. The molecule has 0 bridgehead atoms. The van der Waals surface area contributed by atoms with Gasteiger partial charge in [0.15, 0.2) is 0 Å². The first kappa shape index (κ1) is 32.1. The number of nitrogens with one attached hydrogen (secondary N) is 1. The lowest BCUT2D eigenvalue weighted by Gasteiger charge is -2.34. The highest BCUT2D eigenvalue weighted by atomic mass is 35.5. The minimum Gasteiger partial charge on any atom is -0.352 e. The quantitative estimate of drug-likeness (QED) is 0.196. The van der Waals surface area contributed by atoms with Gasteiger partial charge in [0.2, 0.25) is 11.8 Å². The lowest BCUT2D eigenvalue weighted by atomic mass is 10.0. The molecule has 43 heavy (non-hydrogen) atoms. The largest absolute Gasteiger partial charge is 0.352 e. The molecule has 0 aromatic heterocycles. The Morgan fingerprint density at radius 1 is 0.814 bits per heavy atom. The normalized spacial score (nSPS) is 12.0. The molecule has 1 atom stereocenters. The number of carbonyl (C=O) groups excluding carboxylic acids is 2. The smallest absolute Gasteiger partial charge is 0.264 e. The molecule has 0 aliphatic rings. The summed E-state index contributed by atoms with van der Waals surface area (Å²) >= 11 is 12.7. The van der Waals surface area contributed by atoms with Gasteiger partial charge in [-0.15, -0.1) is 0 Å². The molecule has 0 spiro atoms. The Hall–Kier alpha value is -3.85. The molecule has 0 aliphatic carbocycles. The standard InChI is InChI=1S/C33H33Cl2N3O4S/c1-24(2)36-33(40)31(20-25-12-6-3-7-13-25)37(22-26-18-19-27(34)21-30(26)35)32(39)23-38(28-14-8-4-9-15-28)43(41,42)29-16-10-5-11-17-29/h3-19,21,24,31H,20,22-23H2,1-2H3,(H,36,40)/t31-/m0/s1. The molecule has 2 amide bonds. The lowest BCUT2D eigenvalue weighted by molar-refractivity contribution is -0.140. The molecule has 0 radical (unpaired) electrons. The van der Waals surface area contributed by atoms with Crippen molar-refractivity contribution < 1.29 is 18.0 Å². The first-order valence-corrected chi connectivity index (χ1v) is 16.0. The van der Waals surface area contributed by atoms with Crippen molar-refractivity contribution in [2.45, 2.75) is 43.8 Å². The summed E-state index contributed by atoms with van der Waals surface area (Å²) in [5, 5.41) is 3.68. The third kappa shape index (κ3) is 8.38. The van der Waals surface area contributed by atoms with Gasteiger partial charge < -0.3 is 10.2 Å². The van der Waals surface area contributed by atoms with E-state index < -0.39 is 28.5 Å². The Morgan fingerprint density at radius 2 is 1.40 bits per heavy atom. The van der Waals surface area contributed by atoms with Gasteiger partial charge in [-0.1, -0.05) is 96.0 Å². The summed E-state index contributed by atoms with van der Waals surface area (Å²) < 4.78 is 28.9. The summed E-state index contributed by atoms with van der Waals surface area (Å²) in [5.74, 6) is -0.941. The van der Waals surface area contributed by atoms with E-state index in [9.17, 15) is 18.0 Å². The Morgan fingerprint density at radius 3 is 1.98 bits per heavy atom. The first-order valence-electron chi connectivity index (χ1n) is 13.8. The molecule has 4 aromatic rings. The zero-order valence-corrected chi connectivity index (χ0v) is 26.2. The van der Waals surface area contributed by atoms with Crippen molar-refractivity contribution in [1.82, 2.24) is 10.2 Å². The van der Waals surface area contributed by atoms with Gasteiger partial charge in [0.1, 0.15) is 12.6 Å². The molecule has 4 rings (SSSR count). The summed E-state index contributed by atoms with van der Waals surface area (Å²) in [6.45, 7) is 3.07. The van der Waals surface area contributed by atoms with Gasteiger partial charge >= 0.3 is 0 Å². The van der Waals surface area contributed by atoms with E-state index in [-0.39, 0.29) is 29.8 Å². The molecule has 7 nitrogen and oxygen atoms in total. The summed E-state index contributed by atoms with van der Waals surface area (Å²) in [4.78, 5) is 29.5. The van der Waals surface area contributed by atoms with Crippen molar-refractivity contribution in [2.75, 3.05) is 10.8 Å². The highest BCUT2D eigenvalue weighted by Crippen LogP contribution is 2.27. The molecule has 0 unspecified atom stereocenters. The minimum atomic E-state index is -4.15. The van der Waals surface area contributed by atoms with E-state index in [1.807, 2.05) is 44.2 Å². The predicted octanol–water partition coefficient (Wildman–Crippen LogP) is 6.35. The maximum absolute atomic E-state index is 14.4. The van der Waals surface area contributed by atoms with E-state index in [1.54, 1.807) is 66.7 Å². The molecular formula is C33H33Cl2N3O4S. The molecule has 1 N–H and O–H groups in total. The second-order valence-electron chi connectivity index (χ2n) is 10.3. The van der Waals surface area contributed by atoms with Crippen LogP contribution in [0.2, 0.25) is 10.0 Å². The second-order valence-corrected chi connectivity index (χ2v) is 13.0. The summed E-state index contributed by atoms with van der Waals surface area (Å²) in [6.07, 6.45) is 0.202. The molecule has 0 heterocycles. The average molecular weight is 639 g/mol. The minimum absolute atomic E-state index is 0.0392. The van der Waals surface area contributed by atoms with Crippen molar-refractivity contribution in [2.24, 2.45) is 0 Å². The highest BCUT2D eigenvalue weighted by Gasteiger charge is 2.35. The van der Waals surface area contributed by atoms with E-state index >= 15 is 0 Å². The van der Waals surface area contributed by atoms with E-state index in [1.165, 1.54) is 17.0 Å². The van der Waals surface area contributed by atoms with Gasteiger partial charge in [-0.05, 0) is 61.4 Å². The number of anilines is 1. The third-order valence-electron chi connectivity index (χ3n) is 6.71. The van der Waals surface area contributed by atoms with Crippen LogP contribution in [0, 0.1) is 0 Å². The zero-order valence-electron chi connectivity index (χ0n) is 23.9. The van der Waals surface area contributed by atoms with Gasteiger partial charge in [0.25, 0.3) is 10.0 Å². The monoisotopic (exact) mass is 637 g/mol. The van der Waals surface area contributed by atoms with Crippen molar-refractivity contribution in [3.8, 4) is 0 Å². The van der Waals surface area contributed by atoms with Crippen LogP contribution in [0.15, 0.2) is 114 Å². The van der Waals surface area contributed by atoms with Gasteiger partial charge in [0, 0.05) is 29.1 Å². The molecule has 10 heteroatoms. The molecule has 4 aromatic carbocycles. The average Bonchev–Trinajstić information content (AvgIpc) is 2.99. The fourth-order valence-electron chi connectivity index (χ4n) is 4.61. The highest BCUT2D eigenvalue weighted by molar-refractivity contribution is 7.92. The van der Waals surface area contributed by atoms with Crippen LogP contribution < -0.4 is 9.62 Å². The number of hydrogen-bond acceptors (Lipinski definition) is 4. The topological polar surface area (TPSA) is 86.8 Å². The van der Waals surface area contributed by atoms with Crippen LogP contribution in [0.5, 0.6) is 0 Å². The summed E-state index contributed by atoms with van der Waals surface area (Å²) in [5.41, 5.74) is 1.71. The van der Waals surface area contributed by atoms with Gasteiger partial charge in [0.05, 0.1) is 10.6 Å². The number of nitrogens with zero attached hydrogens (tertiary/aromatic N) is 2. The second kappa shape index (κ2) is 14.6. The van der Waals surface area contributed by atoms with Crippen LogP contribution >= 0.6 is 23.2 Å². The number of halogens is 2. The number of hydrogen-bond donors (Lipinski definition) is 1. The molecule has 0 saturated heterocycles. The lowest BCUT2D eigenvalue weighted by Crippen LogP contribution is -2.54. The number of carbonyl (C=O) groups is 2. The SMILES string of the molecule is CC(C)NC(=O)[C@H](Cc1ccccc1)N(Cc1ccc(Cl)cc1Cl)C(=O)CN(c1ccccc1)S(=O)(=O)c1ccccc1. The van der Waals surface area contributed by atoms with Gasteiger partial charge in [-0.3, -0.25) is 13.9 Å². The Bertz CT molecular complexity index is 1640. The number of sulfonamides is 1. The van der Waals surface area contributed by atoms with E-state index in [2.05, 4.69) is 5.32 Å². The number of benzene rings is 4. The van der Waals surface area contributed by atoms with Gasteiger partial charge in [-0.25, -0.2) is 8.42 Å². The van der Waals surface area contributed by atoms with Crippen molar-refractivity contribution in [3.63, 3.8) is 0 Å². The van der Waals surface area contributed by atoms with Crippen molar-refractivity contribution in [3.05, 3.63) is 130 Å². The maximum atomic E-state index is 14.4. The zero-order chi connectivity index (χ0) is 31.0. The molecule has 0 saturated carbocycles. The van der Waals surface area contributed by atoms with Crippen LogP contribution in [0.4, 0.5) is 5.69 Å². The number of para-hydroxylation sites is 1. The van der Waals surface area contributed by atoms with Crippen LogP contribution in [0.25, 0.3) is 0 Å². The van der Waals surface area contributed by atoms with Crippen LogP contribution in [0.1, 0.15) is 25.0 Å². The van der Waals surface area contributed by atoms with Crippen LogP contribution in [-0.4, -0.2) is 43.8 Å². The van der Waals surface area contributed by atoms with Crippen molar-refractivity contribution in [1.29, 1.82) is 0 Å². The summed E-state index contributed by atoms with van der Waals surface area (Å²) in [7, 11) is -4.15. The van der Waals surface area contributed by atoms with E-state index in [0.717, 1.165) is 9.87 Å². The van der Waals surface area contributed by atoms with Crippen LogP contribution in [0.3, 0.4) is 0 Å².